The van der Waals surface area contributed by atoms with Crippen molar-refractivity contribution in [1.82, 2.24) is 0 Å². The summed E-state index contributed by atoms with van der Waals surface area (Å²) in [6.07, 6.45) is 0.992. The number of hydrogen-bond donors (Lipinski definition) is 1. The van der Waals surface area contributed by atoms with E-state index in [1.807, 2.05) is 6.07 Å². The van der Waals surface area contributed by atoms with E-state index in [-0.39, 0.29) is 11.7 Å². The normalized spacial score (nSPS) is 12.7. The lowest BCUT2D eigenvalue weighted by molar-refractivity contribution is 0.0989. The SMILES string of the molecule is COc1cc(NC(=O)c2ccccc2)c2c(c1OC)C(=O)CC2. The molecule has 0 saturated heterocycles. The Kier molecular flexibility index (Phi) is 4.02. The molecule has 0 aromatic heterocycles. The van der Waals surface area contributed by atoms with Gasteiger partial charge in [-0.1, -0.05) is 18.2 Å². The number of carbonyl (C=O) groups excluding carboxylic acids is 2. The smallest absolute Gasteiger partial charge is 0.255 e. The highest BCUT2D eigenvalue weighted by Gasteiger charge is 2.30. The first-order chi connectivity index (χ1) is 11.2. The Morgan fingerprint density at radius 1 is 1.09 bits per heavy atom. The minimum Gasteiger partial charge on any atom is -0.493 e. The fourth-order valence-electron chi connectivity index (χ4n) is 2.85. The molecule has 0 saturated carbocycles. The molecule has 5 heteroatoms. The maximum atomic E-state index is 12.4. The lowest BCUT2D eigenvalue weighted by Crippen LogP contribution is -2.14. The fourth-order valence-corrected chi connectivity index (χ4v) is 2.85. The first-order valence-electron chi connectivity index (χ1n) is 7.33. The summed E-state index contributed by atoms with van der Waals surface area (Å²) in [4.78, 5) is 24.6. The first-order valence-corrected chi connectivity index (χ1v) is 7.33. The van der Waals surface area contributed by atoms with E-state index in [4.69, 9.17) is 9.47 Å². The Hall–Kier alpha value is -2.82. The molecule has 0 atom stereocenters. The molecule has 2 aromatic carbocycles. The quantitative estimate of drug-likeness (QED) is 0.942. The standard InChI is InChI=1S/C18H17NO4/c1-22-15-10-13(19-18(21)11-6-4-3-5-7-11)12-8-9-14(20)16(12)17(15)23-2/h3-7,10H,8-9H2,1-2H3,(H,19,21). The van der Waals surface area contributed by atoms with Crippen molar-refractivity contribution in [3.05, 3.63) is 53.1 Å². The fraction of sp³-hybridized carbons (Fsp3) is 0.222. The number of carbonyl (C=O) groups is 2. The molecular formula is C18H17NO4. The molecule has 3 rings (SSSR count). The Balaban J connectivity index is 2.03. The zero-order chi connectivity index (χ0) is 16.4. The van der Waals surface area contributed by atoms with Crippen molar-refractivity contribution in [2.45, 2.75) is 12.8 Å². The van der Waals surface area contributed by atoms with Crippen molar-refractivity contribution in [3.8, 4) is 11.5 Å². The molecular weight excluding hydrogens is 294 g/mol. The van der Waals surface area contributed by atoms with Crippen LogP contribution in [0.25, 0.3) is 0 Å². The molecule has 5 nitrogen and oxygen atoms in total. The van der Waals surface area contributed by atoms with Gasteiger partial charge in [-0.3, -0.25) is 9.59 Å². The van der Waals surface area contributed by atoms with E-state index in [0.717, 1.165) is 5.56 Å². The third kappa shape index (κ3) is 2.65. The Bertz CT molecular complexity index is 768. The lowest BCUT2D eigenvalue weighted by atomic mass is 10.0. The van der Waals surface area contributed by atoms with E-state index >= 15 is 0 Å². The van der Waals surface area contributed by atoms with Gasteiger partial charge in [0.15, 0.2) is 17.3 Å². The second-order valence-electron chi connectivity index (χ2n) is 5.26. The summed E-state index contributed by atoms with van der Waals surface area (Å²) < 4.78 is 10.6. The molecule has 1 aliphatic rings. The monoisotopic (exact) mass is 311 g/mol. The zero-order valence-corrected chi connectivity index (χ0v) is 13.0. The van der Waals surface area contributed by atoms with Gasteiger partial charge in [-0.15, -0.1) is 0 Å². The second-order valence-corrected chi connectivity index (χ2v) is 5.26. The number of amides is 1. The predicted octanol–water partition coefficient (Wildman–Crippen LogP) is 3.09. The van der Waals surface area contributed by atoms with Crippen LogP contribution < -0.4 is 14.8 Å². The van der Waals surface area contributed by atoms with E-state index in [2.05, 4.69) is 5.32 Å². The minimum absolute atomic E-state index is 0.00552. The van der Waals surface area contributed by atoms with Crippen molar-refractivity contribution in [3.63, 3.8) is 0 Å². The summed E-state index contributed by atoms with van der Waals surface area (Å²) >= 11 is 0. The molecule has 1 amide bonds. The van der Waals surface area contributed by atoms with Gasteiger partial charge in [0.25, 0.3) is 5.91 Å². The van der Waals surface area contributed by atoms with Gasteiger partial charge in [0.05, 0.1) is 19.8 Å². The van der Waals surface area contributed by atoms with Gasteiger partial charge in [0, 0.05) is 23.7 Å². The Morgan fingerprint density at radius 3 is 2.48 bits per heavy atom. The molecule has 0 unspecified atom stereocenters. The van der Waals surface area contributed by atoms with Gasteiger partial charge >= 0.3 is 0 Å². The third-order valence-corrected chi connectivity index (χ3v) is 3.94. The summed E-state index contributed by atoms with van der Waals surface area (Å²) in [5.41, 5.74) is 2.46. The number of anilines is 1. The maximum Gasteiger partial charge on any atom is 0.255 e. The van der Waals surface area contributed by atoms with Crippen LogP contribution in [-0.4, -0.2) is 25.9 Å². The number of rotatable bonds is 4. The molecule has 23 heavy (non-hydrogen) atoms. The van der Waals surface area contributed by atoms with Crippen LogP contribution in [0.4, 0.5) is 5.69 Å². The van der Waals surface area contributed by atoms with Crippen LogP contribution in [0.2, 0.25) is 0 Å². The van der Waals surface area contributed by atoms with Crippen molar-refractivity contribution >= 4 is 17.4 Å². The third-order valence-electron chi connectivity index (χ3n) is 3.94. The van der Waals surface area contributed by atoms with Gasteiger partial charge in [-0.05, 0) is 24.1 Å². The highest BCUT2D eigenvalue weighted by molar-refractivity contribution is 6.09. The van der Waals surface area contributed by atoms with Crippen LogP contribution in [0.3, 0.4) is 0 Å². The van der Waals surface area contributed by atoms with Crippen LogP contribution in [0.15, 0.2) is 36.4 Å². The topological polar surface area (TPSA) is 64.6 Å². The van der Waals surface area contributed by atoms with E-state index in [1.165, 1.54) is 14.2 Å². The van der Waals surface area contributed by atoms with E-state index in [0.29, 0.717) is 41.2 Å². The average Bonchev–Trinajstić information content (AvgIpc) is 2.97. The van der Waals surface area contributed by atoms with Crippen LogP contribution in [0.5, 0.6) is 11.5 Å². The molecule has 0 bridgehead atoms. The molecule has 0 heterocycles. The van der Waals surface area contributed by atoms with E-state index in [9.17, 15) is 9.59 Å². The van der Waals surface area contributed by atoms with Gasteiger partial charge in [0.1, 0.15) is 0 Å². The largest absolute Gasteiger partial charge is 0.493 e. The van der Waals surface area contributed by atoms with Crippen LogP contribution in [-0.2, 0) is 6.42 Å². The first kappa shape index (κ1) is 15.1. The maximum absolute atomic E-state index is 12.4. The van der Waals surface area contributed by atoms with Crippen molar-refractivity contribution in [1.29, 1.82) is 0 Å². The van der Waals surface area contributed by atoms with Crippen molar-refractivity contribution in [2.24, 2.45) is 0 Å². The van der Waals surface area contributed by atoms with Crippen molar-refractivity contribution in [2.75, 3.05) is 19.5 Å². The molecule has 0 aliphatic heterocycles. The highest BCUT2D eigenvalue weighted by Crippen LogP contribution is 2.42. The summed E-state index contributed by atoms with van der Waals surface area (Å²) in [6.45, 7) is 0. The molecule has 1 aliphatic carbocycles. The number of Topliss-reactive ketones (excluding diaryl/α,β-unsaturated/α-hetero) is 1. The minimum atomic E-state index is -0.223. The molecule has 1 N–H and O–H groups in total. The summed E-state index contributed by atoms with van der Waals surface area (Å²) in [5.74, 6) is 0.651. The second kappa shape index (κ2) is 6.12. The van der Waals surface area contributed by atoms with Crippen LogP contribution >= 0.6 is 0 Å². The summed E-state index contributed by atoms with van der Waals surface area (Å²) in [7, 11) is 3.01. The number of methoxy groups -OCH3 is 2. The lowest BCUT2D eigenvalue weighted by Gasteiger charge is -2.16. The van der Waals surface area contributed by atoms with Crippen LogP contribution in [0, 0.1) is 0 Å². The van der Waals surface area contributed by atoms with Gasteiger partial charge in [0.2, 0.25) is 0 Å². The van der Waals surface area contributed by atoms with E-state index in [1.54, 1.807) is 30.3 Å². The van der Waals surface area contributed by atoms with Gasteiger partial charge < -0.3 is 14.8 Å². The summed E-state index contributed by atoms with van der Waals surface area (Å²) in [6, 6.07) is 10.6. The number of nitrogens with one attached hydrogen (secondary N) is 1. The Morgan fingerprint density at radius 2 is 1.83 bits per heavy atom. The van der Waals surface area contributed by atoms with Crippen molar-refractivity contribution < 1.29 is 19.1 Å². The molecule has 0 spiro atoms. The Labute approximate surface area is 134 Å². The van der Waals surface area contributed by atoms with Crippen LogP contribution in [0.1, 0.15) is 32.7 Å². The zero-order valence-electron chi connectivity index (χ0n) is 13.0. The number of benzene rings is 2. The molecule has 2 aromatic rings. The average molecular weight is 311 g/mol. The number of ketones is 1. The predicted molar refractivity (Wildman–Crippen MR) is 86.6 cm³/mol. The van der Waals surface area contributed by atoms with E-state index < -0.39 is 0 Å². The molecule has 0 radical (unpaired) electrons. The van der Waals surface area contributed by atoms with Gasteiger partial charge in [-0.25, -0.2) is 0 Å². The molecule has 0 fully saturated rings. The van der Waals surface area contributed by atoms with Gasteiger partial charge in [-0.2, -0.15) is 0 Å². The highest BCUT2D eigenvalue weighted by atomic mass is 16.5. The number of fused-ring (bicyclic) bond motifs is 1. The molecule has 118 valence electrons. The number of ether oxygens (including phenoxy) is 2. The number of hydrogen-bond acceptors (Lipinski definition) is 4. The summed E-state index contributed by atoms with van der Waals surface area (Å²) in [5, 5.41) is 2.88.